The summed E-state index contributed by atoms with van der Waals surface area (Å²) < 4.78 is 46.1. The van der Waals surface area contributed by atoms with Gasteiger partial charge in [0.05, 0.1) is 12.4 Å². The van der Waals surface area contributed by atoms with Crippen molar-refractivity contribution in [1.82, 2.24) is 4.31 Å². The smallest absolute Gasteiger partial charge is 0.227 e. The molecule has 9 heteroatoms. The Balaban J connectivity index is 1.58. The number of carbonyl (C=O) groups excluding carboxylic acids is 1. The van der Waals surface area contributed by atoms with E-state index < -0.39 is 21.6 Å². The predicted octanol–water partition coefficient (Wildman–Crippen LogP) is 4.06. The Hall–Kier alpha value is -2.16. The molecule has 1 aliphatic rings. The fourth-order valence-corrected chi connectivity index (χ4v) is 5.33. The fraction of sp³-hybridized carbons (Fsp3) is 0.381. The number of benzene rings is 2. The van der Waals surface area contributed by atoms with Gasteiger partial charge in [-0.15, -0.1) is 0 Å². The van der Waals surface area contributed by atoms with Gasteiger partial charge in [0.15, 0.2) is 0 Å². The maximum Gasteiger partial charge on any atom is 0.227 e. The molecule has 3 rings (SSSR count). The molecule has 2 aromatic carbocycles. The summed E-state index contributed by atoms with van der Waals surface area (Å²) in [6.07, 6.45) is 0.780. The van der Waals surface area contributed by atoms with Gasteiger partial charge in [-0.25, -0.2) is 17.1 Å². The Labute approximate surface area is 181 Å². The summed E-state index contributed by atoms with van der Waals surface area (Å²) in [4.78, 5) is 12.6. The van der Waals surface area contributed by atoms with Crippen LogP contribution in [0.4, 0.5) is 10.1 Å². The van der Waals surface area contributed by atoms with Crippen molar-refractivity contribution >= 4 is 33.2 Å². The molecule has 6 nitrogen and oxygen atoms in total. The zero-order valence-corrected chi connectivity index (χ0v) is 18.2. The Morgan fingerprint density at radius 3 is 2.60 bits per heavy atom. The molecule has 1 fully saturated rings. The van der Waals surface area contributed by atoms with E-state index in [1.54, 1.807) is 18.2 Å². The maximum absolute atomic E-state index is 14.0. The molecule has 1 saturated heterocycles. The number of sulfonamides is 1. The molecule has 0 unspecified atom stereocenters. The predicted molar refractivity (Wildman–Crippen MR) is 115 cm³/mol. The van der Waals surface area contributed by atoms with Crippen LogP contribution in [0.3, 0.4) is 0 Å². The first kappa shape index (κ1) is 22.5. The van der Waals surface area contributed by atoms with Gasteiger partial charge in [0.25, 0.3) is 0 Å². The first-order valence-electron chi connectivity index (χ1n) is 9.74. The Kier molecular flexibility index (Phi) is 7.33. The quantitative estimate of drug-likeness (QED) is 0.684. The van der Waals surface area contributed by atoms with Crippen LogP contribution in [0, 0.1) is 11.7 Å². The zero-order valence-electron chi connectivity index (χ0n) is 16.6. The molecule has 1 aliphatic heterocycles. The molecule has 0 saturated carbocycles. The van der Waals surface area contributed by atoms with Crippen LogP contribution >= 0.6 is 11.6 Å². The highest BCUT2D eigenvalue weighted by Gasteiger charge is 2.32. The van der Waals surface area contributed by atoms with Gasteiger partial charge in [-0.05, 0) is 44.0 Å². The summed E-state index contributed by atoms with van der Waals surface area (Å²) in [6.45, 7) is 2.81. The lowest BCUT2D eigenvalue weighted by Crippen LogP contribution is -2.42. The van der Waals surface area contributed by atoms with Gasteiger partial charge in [-0.2, -0.15) is 0 Å². The monoisotopic (exact) mass is 454 g/mol. The first-order valence-corrected chi connectivity index (χ1v) is 11.7. The third kappa shape index (κ3) is 5.50. The maximum atomic E-state index is 14.0. The molecule has 30 heavy (non-hydrogen) atoms. The summed E-state index contributed by atoms with van der Waals surface area (Å²) in [7, 11) is -3.74. The number of carbonyl (C=O) groups is 1. The van der Waals surface area contributed by atoms with Crippen molar-refractivity contribution in [2.75, 3.05) is 25.0 Å². The molecular weight excluding hydrogens is 431 g/mol. The van der Waals surface area contributed by atoms with Crippen LogP contribution in [-0.4, -0.2) is 38.3 Å². The molecule has 1 heterocycles. The Morgan fingerprint density at radius 2 is 1.93 bits per heavy atom. The van der Waals surface area contributed by atoms with E-state index in [0.717, 1.165) is 0 Å². The van der Waals surface area contributed by atoms with Crippen molar-refractivity contribution in [2.45, 2.75) is 25.5 Å². The van der Waals surface area contributed by atoms with E-state index in [0.29, 0.717) is 30.9 Å². The van der Waals surface area contributed by atoms with Crippen LogP contribution in [0.5, 0.6) is 5.75 Å². The average Bonchev–Trinajstić information content (AvgIpc) is 2.71. The normalized spacial score (nSPS) is 15.7. The van der Waals surface area contributed by atoms with Crippen LogP contribution in [0.15, 0.2) is 42.5 Å². The summed E-state index contributed by atoms with van der Waals surface area (Å²) in [5, 5.41) is 2.95. The number of hydrogen-bond donors (Lipinski definition) is 1. The molecule has 0 spiro atoms. The Morgan fingerprint density at radius 1 is 1.23 bits per heavy atom. The van der Waals surface area contributed by atoms with Gasteiger partial charge in [-0.3, -0.25) is 4.79 Å². The van der Waals surface area contributed by atoms with Gasteiger partial charge in [-0.1, -0.05) is 23.7 Å². The molecular formula is C21H24ClFN2O4S. The number of halogens is 2. The lowest BCUT2D eigenvalue weighted by atomic mass is 9.97. The van der Waals surface area contributed by atoms with Crippen LogP contribution in [0.2, 0.25) is 5.02 Å². The summed E-state index contributed by atoms with van der Waals surface area (Å²) in [5.74, 6) is -0.931. The molecule has 0 aliphatic carbocycles. The SMILES string of the molecule is CCOc1cccc(NC(=O)C2CCN(S(=O)(=O)Cc3c(F)cccc3Cl)CC2)c1. The number of nitrogens with zero attached hydrogens (tertiary/aromatic N) is 1. The van der Waals surface area contributed by atoms with Crippen molar-refractivity contribution in [3.05, 3.63) is 58.9 Å². The average molecular weight is 455 g/mol. The highest BCUT2D eigenvalue weighted by atomic mass is 35.5. The largest absolute Gasteiger partial charge is 0.494 e. The number of piperidine rings is 1. The van der Waals surface area contributed by atoms with E-state index in [9.17, 15) is 17.6 Å². The molecule has 0 aromatic heterocycles. The minimum Gasteiger partial charge on any atom is -0.494 e. The molecule has 1 amide bonds. The van der Waals surface area contributed by atoms with Crippen LogP contribution in [0.25, 0.3) is 0 Å². The highest BCUT2D eigenvalue weighted by molar-refractivity contribution is 7.88. The van der Waals surface area contributed by atoms with E-state index in [1.807, 2.05) is 13.0 Å². The van der Waals surface area contributed by atoms with Crippen LogP contribution < -0.4 is 10.1 Å². The lowest BCUT2D eigenvalue weighted by molar-refractivity contribution is -0.120. The first-order chi connectivity index (χ1) is 14.3. The topological polar surface area (TPSA) is 75.7 Å². The van der Waals surface area contributed by atoms with E-state index in [4.69, 9.17) is 16.3 Å². The second-order valence-corrected chi connectivity index (χ2v) is 9.46. The van der Waals surface area contributed by atoms with Gasteiger partial charge < -0.3 is 10.1 Å². The number of anilines is 1. The fourth-order valence-electron chi connectivity index (χ4n) is 3.41. The molecule has 0 bridgehead atoms. The molecule has 0 atom stereocenters. The summed E-state index contributed by atoms with van der Waals surface area (Å²) >= 11 is 5.96. The number of hydrogen-bond acceptors (Lipinski definition) is 4. The van der Waals surface area contributed by atoms with E-state index in [-0.39, 0.29) is 35.5 Å². The molecule has 0 radical (unpaired) electrons. The third-order valence-electron chi connectivity index (χ3n) is 5.02. The van der Waals surface area contributed by atoms with Crippen molar-refractivity contribution in [1.29, 1.82) is 0 Å². The van der Waals surface area contributed by atoms with Crippen LogP contribution in [0.1, 0.15) is 25.3 Å². The van der Waals surface area contributed by atoms with Gasteiger partial charge >= 0.3 is 0 Å². The van der Waals surface area contributed by atoms with Gasteiger partial charge in [0, 0.05) is 41.3 Å². The standard InChI is InChI=1S/C21H24ClFN2O4S/c1-2-29-17-6-3-5-16(13-17)24-21(26)15-9-11-25(12-10-15)30(27,28)14-18-19(22)7-4-8-20(18)23/h3-8,13,15H,2,9-12,14H2,1H3,(H,24,26). The minimum atomic E-state index is -3.74. The van der Waals surface area contributed by atoms with Crippen LogP contribution in [-0.2, 0) is 20.6 Å². The van der Waals surface area contributed by atoms with Crippen molar-refractivity contribution in [3.8, 4) is 5.75 Å². The van der Waals surface area contributed by atoms with Gasteiger partial charge in [0.1, 0.15) is 11.6 Å². The van der Waals surface area contributed by atoms with E-state index in [1.165, 1.54) is 22.5 Å². The second kappa shape index (κ2) is 9.76. The summed E-state index contributed by atoms with van der Waals surface area (Å²) in [5.41, 5.74) is 0.600. The number of ether oxygens (including phenoxy) is 1. The minimum absolute atomic E-state index is 0.0341. The Bertz CT molecular complexity index is 988. The molecule has 2 aromatic rings. The van der Waals surface area contributed by atoms with Crippen molar-refractivity contribution < 1.29 is 22.3 Å². The number of rotatable bonds is 7. The van der Waals surface area contributed by atoms with E-state index >= 15 is 0 Å². The second-order valence-electron chi connectivity index (χ2n) is 7.08. The van der Waals surface area contributed by atoms with Crippen molar-refractivity contribution in [2.24, 2.45) is 5.92 Å². The zero-order chi connectivity index (χ0) is 21.7. The number of amides is 1. The molecule has 162 valence electrons. The van der Waals surface area contributed by atoms with Gasteiger partial charge in [0.2, 0.25) is 15.9 Å². The van der Waals surface area contributed by atoms with Crippen molar-refractivity contribution in [3.63, 3.8) is 0 Å². The summed E-state index contributed by atoms with van der Waals surface area (Å²) in [6, 6.07) is 11.2. The third-order valence-corrected chi connectivity index (χ3v) is 7.18. The number of nitrogens with one attached hydrogen (secondary N) is 1. The molecule has 1 N–H and O–H groups in total. The lowest BCUT2D eigenvalue weighted by Gasteiger charge is -2.30. The van der Waals surface area contributed by atoms with E-state index in [2.05, 4.69) is 5.32 Å². The highest BCUT2D eigenvalue weighted by Crippen LogP contribution is 2.27.